The molecule has 3 rings (SSSR count). The van der Waals surface area contributed by atoms with Crippen LogP contribution in [0.4, 0.5) is 10.1 Å². The summed E-state index contributed by atoms with van der Waals surface area (Å²) in [5.74, 6) is -0.977. The Morgan fingerprint density at radius 3 is 2.80 bits per heavy atom. The fourth-order valence-corrected chi connectivity index (χ4v) is 2.95. The van der Waals surface area contributed by atoms with Gasteiger partial charge in [0.2, 0.25) is 0 Å². The number of nitrogens with one attached hydrogen (secondary N) is 1. The summed E-state index contributed by atoms with van der Waals surface area (Å²) in [7, 11) is 0. The van der Waals surface area contributed by atoms with Gasteiger partial charge in [-0.25, -0.2) is 9.37 Å². The number of aromatic hydroxyl groups is 1. The lowest BCUT2D eigenvalue weighted by Crippen LogP contribution is -2.06. The van der Waals surface area contributed by atoms with E-state index < -0.39 is 5.82 Å². The quantitative estimate of drug-likeness (QED) is 0.706. The van der Waals surface area contributed by atoms with Crippen molar-refractivity contribution < 1.29 is 9.50 Å². The Labute approximate surface area is 119 Å². The zero-order valence-electron chi connectivity index (χ0n) is 10.8. The van der Waals surface area contributed by atoms with Crippen LogP contribution in [-0.2, 0) is 0 Å². The number of aromatic nitrogens is 1. The predicted octanol–water partition coefficient (Wildman–Crippen LogP) is 4.31. The van der Waals surface area contributed by atoms with Crippen LogP contribution < -0.4 is 5.32 Å². The van der Waals surface area contributed by atoms with E-state index in [0.717, 1.165) is 15.2 Å². The van der Waals surface area contributed by atoms with Crippen LogP contribution in [0, 0.1) is 5.82 Å². The average molecular weight is 288 g/mol. The van der Waals surface area contributed by atoms with Crippen LogP contribution in [-0.4, -0.2) is 10.1 Å². The van der Waals surface area contributed by atoms with Gasteiger partial charge in [0.05, 0.1) is 16.3 Å². The van der Waals surface area contributed by atoms with Crippen LogP contribution >= 0.6 is 11.3 Å². The number of phenols is 1. The highest BCUT2D eigenvalue weighted by molar-refractivity contribution is 7.18. The van der Waals surface area contributed by atoms with E-state index in [2.05, 4.69) is 10.3 Å². The van der Waals surface area contributed by atoms with E-state index in [9.17, 15) is 9.50 Å². The van der Waals surface area contributed by atoms with Crippen molar-refractivity contribution in [2.24, 2.45) is 0 Å². The molecule has 0 aliphatic rings. The molecule has 0 aliphatic carbocycles. The van der Waals surface area contributed by atoms with E-state index in [1.54, 1.807) is 17.4 Å². The molecule has 0 amide bonds. The van der Waals surface area contributed by atoms with Gasteiger partial charge in [-0.2, -0.15) is 0 Å². The Bertz CT molecular complexity index is 723. The molecule has 5 heteroatoms. The van der Waals surface area contributed by atoms with Crippen molar-refractivity contribution in [3.8, 4) is 5.75 Å². The second kappa shape index (κ2) is 5.09. The number of fused-ring (bicyclic) bond motifs is 1. The second-order valence-electron chi connectivity index (χ2n) is 4.55. The first-order valence-electron chi connectivity index (χ1n) is 6.24. The molecule has 2 N–H and O–H groups in total. The van der Waals surface area contributed by atoms with E-state index in [-0.39, 0.29) is 11.8 Å². The number of nitrogens with zero attached hydrogens (tertiary/aromatic N) is 1. The normalized spacial score (nSPS) is 12.5. The van der Waals surface area contributed by atoms with Gasteiger partial charge in [0.25, 0.3) is 0 Å². The van der Waals surface area contributed by atoms with E-state index in [0.29, 0.717) is 5.69 Å². The maximum atomic E-state index is 13.3. The third kappa shape index (κ3) is 2.44. The third-order valence-corrected chi connectivity index (χ3v) is 4.23. The first kappa shape index (κ1) is 12.9. The Balaban J connectivity index is 1.84. The molecule has 1 heterocycles. The Morgan fingerprint density at radius 2 is 2.05 bits per heavy atom. The van der Waals surface area contributed by atoms with E-state index in [4.69, 9.17) is 0 Å². The largest absolute Gasteiger partial charge is 0.505 e. The molecule has 1 aromatic heterocycles. The van der Waals surface area contributed by atoms with Crippen molar-refractivity contribution in [2.75, 3.05) is 5.32 Å². The molecule has 3 aromatic rings. The topological polar surface area (TPSA) is 45.1 Å². The molecule has 0 aliphatic heterocycles. The predicted molar refractivity (Wildman–Crippen MR) is 79.7 cm³/mol. The molecule has 0 saturated heterocycles. The zero-order valence-corrected chi connectivity index (χ0v) is 11.6. The minimum atomic E-state index is -0.633. The fourth-order valence-electron chi connectivity index (χ4n) is 1.98. The minimum absolute atomic E-state index is 0.0312. The number of hydrogen-bond acceptors (Lipinski definition) is 4. The summed E-state index contributed by atoms with van der Waals surface area (Å²) < 4.78 is 14.4. The number of phenolic OH excluding ortho intramolecular Hbond substituents is 1. The minimum Gasteiger partial charge on any atom is -0.505 e. The number of rotatable bonds is 3. The molecule has 20 heavy (non-hydrogen) atoms. The Morgan fingerprint density at radius 1 is 1.25 bits per heavy atom. The molecule has 0 saturated carbocycles. The number of halogens is 1. The maximum Gasteiger partial charge on any atom is 0.166 e. The molecular weight excluding hydrogens is 275 g/mol. The van der Waals surface area contributed by atoms with Gasteiger partial charge in [-0.05, 0) is 31.2 Å². The smallest absolute Gasteiger partial charge is 0.166 e. The van der Waals surface area contributed by atoms with E-state index in [1.165, 1.54) is 12.1 Å². The number of benzene rings is 2. The molecule has 0 fully saturated rings. The lowest BCUT2D eigenvalue weighted by molar-refractivity contribution is 0.432. The molecule has 2 aromatic carbocycles. The Hall–Kier alpha value is -2.14. The number of anilines is 1. The zero-order chi connectivity index (χ0) is 14.1. The fraction of sp³-hybridized carbons (Fsp3) is 0.133. The highest BCUT2D eigenvalue weighted by Gasteiger charge is 2.12. The lowest BCUT2D eigenvalue weighted by atomic mass is 10.2. The van der Waals surface area contributed by atoms with Gasteiger partial charge in [-0.1, -0.05) is 12.1 Å². The summed E-state index contributed by atoms with van der Waals surface area (Å²) in [6, 6.07) is 12.2. The monoisotopic (exact) mass is 288 g/mol. The van der Waals surface area contributed by atoms with Gasteiger partial charge in [-0.15, -0.1) is 11.3 Å². The first-order valence-corrected chi connectivity index (χ1v) is 7.05. The Kier molecular flexibility index (Phi) is 3.28. The maximum absolute atomic E-state index is 13.3. The molecule has 0 radical (unpaired) electrons. The van der Waals surface area contributed by atoms with Crippen LogP contribution in [0.15, 0.2) is 42.5 Å². The van der Waals surface area contributed by atoms with Crippen LogP contribution in [0.3, 0.4) is 0 Å². The van der Waals surface area contributed by atoms with Crippen LogP contribution in [0.25, 0.3) is 10.2 Å². The highest BCUT2D eigenvalue weighted by Crippen LogP contribution is 2.29. The summed E-state index contributed by atoms with van der Waals surface area (Å²) in [5.41, 5.74) is 1.59. The van der Waals surface area contributed by atoms with E-state index >= 15 is 0 Å². The van der Waals surface area contributed by atoms with Crippen molar-refractivity contribution in [3.05, 3.63) is 53.3 Å². The highest BCUT2D eigenvalue weighted by atomic mass is 32.1. The van der Waals surface area contributed by atoms with Gasteiger partial charge in [0.15, 0.2) is 11.6 Å². The first-order chi connectivity index (χ1) is 9.63. The molecule has 3 nitrogen and oxygen atoms in total. The van der Waals surface area contributed by atoms with Crippen molar-refractivity contribution in [3.63, 3.8) is 0 Å². The summed E-state index contributed by atoms with van der Waals surface area (Å²) in [4.78, 5) is 4.56. The average Bonchev–Trinajstić information content (AvgIpc) is 2.87. The van der Waals surface area contributed by atoms with Gasteiger partial charge in [0, 0.05) is 11.8 Å². The summed E-state index contributed by atoms with van der Waals surface area (Å²) in [5, 5.41) is 13.3. The van der Waals surface area contributed by atoms with E-state index in [1.807, 2.05) is 31.2 Å². The van der Waals surface area contributed by atoms with Crippen molar-refractivity contribution in [1.29, 1.82) is 0 Å². The standard InChI is InChI=1S/C15H13FN2OS/c1-9(17-10-6-7-13(19)11(16)8-10)15-18-12-4-2-3-5-14(12)20-15/h2-9,17,19H,1H3. The molecule has 102 valence electrons. The summed E-state index contributed by atoms with van der Waals surface area (Å²) >= 11 is 1.62. The van der Waals surface area contributed by atoms with Crippen molar-refractivity contribution in [2.45, 2.75) is 13.0 Å². The van der Waals surface area contributed by atoms with Crippen LogP contribution in [0.2, 0.25) is 0 Å². The van der Waals surface area contributed by atoms with Crippen molar-refractivity contribution >= 4 is 27.2 Å². The number of hydrogen-bond donors (Lipinski definition) is 2. The number of para-hydroxylation sites is 1. The second-order valence-corrected chi connectivity index (χ2v) is 5.61. The van der Waals surface area contributed by atoms with Gasteiger partial charge < -0.3 is 10.4 Å². The summed E-state index contributed by atoms with van der Waals surface area (Å²) in [6.45, 7) is 1.97. The molecular formula is C15H13FN2OS. The van der Waals surface area contributed by atoms with Gasteiger partial charge in [0.1, 0.15) is 5.01 Å². The number of thiazole rings is 1. The third-order valence-electron chi connectivity index (χ3n) is 3.01. The van der Waals surface area contributed by atoms with Gasteiger partial charge in [-0.3, -0.25) is 0 Å². The molecule has 1 unspecified atom stereocenters. The van der Waals surface area contributed by atoms with Gasteiger partial charge >= 0.3 is 0 Å². The molecule has 0 spiro atoms. The summed E-state index contributed by atoms with van der Waals surface area (Å²) in [6.07, 6.45) is 0. The molecule has 0 bridgehead atoms. The van der Waals surface area contributed by atoms with Crippen LogP contribution in [0.5, 0.6) is 5.75 Å². The molecule has 1 atom stereocenters. The van der Waals surface area contributed by atoms with Crippen molar-refractivity contribution in [1.82, 2.24) is 4.98 Å². The lowest BCUT2D eigenvalue weighted by Gasteiger charge is -2.12. The SMILES string of the molecule is CC(Nc1ccc(O)c(F)c1)c1nc2ccccc2s1. The van der Waals surface area contributed by atoms with Crippen LogP contribution in [0.1, 0.15) is 18.0 Å².